The van der Waals surface area contributed by atoms with Crippen LogP contribution >= 0.6 is 11.6 Å². The van der Waals surface area contributed by atoms with Gasteiger partial charge >= 0.3 is 0 Å². The van der Waals surface area contributed by atoms with Crippen molar-refractivity contribution in [2.75, 3.05) is 39.8 Å². The van der Waals surface area contributed by atoms with Crippen LogP contribution in [0, 0.1) is 5.92 Å². The summed E-state index contributed by atoms with van der Waals surface area (Å²) in [6.07, 6.45) is 2.50. The Morgan fingerprint density at radius 3 is 2.88 bits per heavy atom. The second kappa shape index (κ2) is 9.90. The molecule has 0 radical (unpaired) electrons. The third-order valence-electron chi connectivity index (χ3n) is 4.47. The molecule has 5 heteroatoms. The lowest BCUT2D eigenvalue weighted by molar-refractivity contribution is 0.326. The number of halogens is 1. The van der Waals surface area contributed by atoms with Crippen LogP contribution in [-0.4, -0.2) is 55.5 Å². The first-order valence-corrected chi connectivity index (χ1v) is 9.47. The predicted molar refractivity (Wildman–Crippen MR) is 104 cm³/mol. The van der Waals surface area contributed by atoms with Crippen LogP contribution in [0.3, 0.4) is 0 Å². The first-order valence-electron chi connectivity index (χ1n) is 9.09. The lowest BCUT2D eigenvalue weighted by atomic mass is 10.1. The van der Waals surface area contributed by atoms with Gasteiger partial charge in [0.2, 0.25) is 0 Å². The zero-order valence-corrected chi connectivity index (χ0v) is 16.0. The summed E-state index contributed by atoms with van der Waals surface area (Å²) in [6, 6.07) is 8.00. The van der Waals surface area contributed by atoms with Gasteiger partial charge in [-0.15, -0.1) is 0 Å². The van der Waals surface area contributed by atoms with E-state index < -0.39 is 0 Å². The van der Waals surface area contributed by atoms with Crippen LogP contribution in [0.1, 0.15) is 32.3 Å². The summed E-state index contributed by atoms with van der Waals surface area (Å²) in [7, 11) is 2.07. The molecule has 0 aromatic heterocycles. The standard InChI is InChI=1S/C19H31ClN4/c1-4-11-24-12-10-16(14-24)13-22-19(21-5-2)23(3)15-17-8-6-7-9-18(17)20/h6-9,16H,4-5,10-15H2,1-3H3,(H,21,22). The monoisotopic (exact) mass is 350 g/mol. The Labute approximate surface area is 151 Å². The van der Waals surface area contributed by atoms with E-state index in [0.29, 0.717) is 5.92 Å². The molecule has 1 aliphatic rings. The highest BCUT2D eigenvalue weighted by Crippen LogP contribution is 2.18. The summed E-state index contributed by atoms with van der Waals surface area (Å²) in [6.45, 7) is 10.5. The summed E-state index contributed by atoms with van der Waals surface area (Å²) < 4.78 is 0. The average Bonchev–Trinajstić information content (AvgIpc) is 3.01. The lowest BCUT2D eigenvalue weighted by Gasteiger charge is -2.23. The van der Waals surface area contributed by atoms with E-state index in [-0.39, 0.29) is 0 Å². The van der Waals surface area contributed by atoms with Crippen LogP contribution in [0.15, 0.2) is 29.3 Å². The summed E-state index contributed by atoms with van der Waals surface area (Å²) in [5, 5.41) is 4.21. The second-order valence-corrected chi connectivity index (χ2v) is 7.00. The van der Waals surface area contributed by atoms with Crippen LogP contribution in [0.2, 0.25) is 5.02 Å². The van der Waals surface area contributed by atoms with Gasteiger partial charge in [-0.25, -0.2) is 0 Å². The van der Waals surface area contributed by atoms with Crippen molar-refractivity contribution >= 4 is 17.6 Å². The van der Waals surface area contributed by atoms with Gasteiger partial charge in [0, 0.05) is 38.2 Å². The maximum absolute atomic E-state index is 6.28. The quantitative estimate of drug-likeness (QED) is 0.603. The summed E-state index contributed by atoms with van der Waals surface area (Å²) >= 11 is 6.28. The van der Waals surface area contributed by atoms with Crippen LogP contribution in [0.25, 0.3) is 0 Å². The highest BCUT2D eigenvalue weighted by Gasteiger charge is 2.21. The van der Waals surface area contributed by atoms with Gasteiger partial charge in [0.15, 0.2) is 5.96 Å². The van der Waals surface area contributed by atoms with Crippen molar-refractivity contribution in [1.82, 2.24) is 15.1 Å². The van der Waals surface area contributed by atoms with Crippen molar-refractivity contribution in [3.05, 3.63) is 34.9 Å². The molecule has 0 spiro atoms. The van der Waals surface area contributed by atoms with Gasteiger partial charge in [0.25, 0.3) is 0 Å². The molecule has 1 unspecified atom stereocenters. The minimum absolute atomic E-state index is 0.680. The van der Waals surface area contributed by atoms with Gasteiger partial charge < -0.3 is 15.1 Å². The Bertz CT molecular complexity index is 532. The lowest BCUT2D eigenvalue weighted by Crippen LogP contribution is -2.39. The van der Waals surface area contributed by atoms with Crippen LogP contribution in [-0.2, 0) is 6.54 Å². The molecule has 1 saturated heterocycles. The first kappa shape index (κ1) is 19.1. The number of aliphatic imine (C=N–C) groups is 1. The molecule has 1 heterocycles. The van der Waals surface area contributed by atoms with Crippen molar-refractivity contribution in [1.29, 1.82) is 0 Å². The van der Waals surface area contributed by atoms with E-state index in [1.807, 2.05) is 18.2 Å². The molecule has 4 nitrogen and oxygen atoms in total. The number of nitrogens with zero attached hydrogens (tertiary/aromatic N) is 3. The molecule has 1 aliphatic heterocycles. The number of nitrogens with one attached hydrogen (secondary N) is 1. The molecule has 1 fully saturated rings. The number of hydrogen-bond donors (Lipinski definition) is 1. The van der Waals surface area contributed by atoms with E-state index in [4.69, 9.17) is 16.6 Å². The highest BCUT2D eigenvalue weighted by molar-refractivity contribution is 6.31. The van der Waals surface area contributed by atoms with E-state index in [9.17, 15) is 0 Å². The fraction of sp³-hybridized carbons (Fsp3) is 0.632. The Hall–Kier alpha value is -1.26. The van der Waals surface area contributed by atoms with E-state index in [2.05, 4.69) is 42.1 Å². The third-order valence-corrected chi connectivity index (χ3v) is 4.84. The van der Waals surface area contributed by atoms with Crippen molar-refractivity contribution < 1.29 is 0 Å². The van der Waals surface area contributed by atoms with E-state index in [0.717, 1.165) is 36.2 Å². The van der Waals surface area contributed by atoms with Gasteiger partial charge in [-0.3, -0.25) is 4.99 Å². The third kappa shape index (κ3) is 5.67. The van der Waals surface area contributed by atoms with Crippen molar-refractivity contribution in [3.8, 4) is 0 Å². The van der Waals surface area contributed by atoms with Crippen molar-refractivity contribution in [3.63, 3.8) is 0 Å². The van der Waals surface area contributed by atoms with Crippen LogP contribution < -0.4 is 5.32 Å². The highest BCUT2D eigenvalue weighted by atomic mass is 35.5. The number of likely N-dealkylation sites (tertiary alicyclic amines) is 1. The zero-order chi connectivity index (χ0) is 17.4. The topological polar surface area (TPSA) is 30.9 Å². The molecule has 1 N–H and O–H groups in total. The van der Waals surface area contributed by atoms with Gasteiger partial charge in [-0.05, 0) is 50.4 Å². The average molecular weight is 351 g/mol. The summed E-state index contributed by atoms with van der Waals surface area (Å²) in [5.41, 5.74) is 1.13. The van der Waals surface area contributed by atoms with E-state index in [1.165, 1.54) is 32.5 Å². The molecule has 1 aromatic rings. The SMILES string of the molecule is CCCN1CCC(CN=C(NCC)N(C)Cc2ccccc2Cl)C1. The predicted octanol–water partition coefficient (Wildman–Crippen LogP) is 3.47. The molecule has 0 aliphatic carbocycles. The fourth-order valence-corrected chi connectivity index (χ4v) is 3.42. The molecule has 0 saturated carbocycles. The van der Waals surface area contributed by atoms with Crippen LogP contribution in [0.5, 0.6) is 0 Å². The Morgan fingerprint density at radius 2 is 2.17 bits per heavy atom. The maximum Gasteiger partial charge on any atom is 0.193 e. The van der Waals surface area contributed by atoms with Gasteiger partial charge in [-0.1, -0.05) is 36.7 Å². The van der Waals surface area contributed by atoms with Crippen LogP contribution in [0.4, 0.5) is 0 Å². The summed E-state index contributed by atoms with van der Waals surface area (Å²) in [5.74, 6) is 1.64. The molecule has 1 atom stereocenters. The molecule has 24 heavy (non-hydrogen) atoms. The number of rotatable bonds is 7. The zero-order valence-electron chi connectivity index (χ0n) is 15.3. The normalized spacial score (nSPS) is 18.8. The van der Waals surface area contributed by atoms with E-state index >= 15 is 0 Å². The van der Waals surface area contributed by atoms with E-state index in [1.54, 1.807) is 0 Å². The first-order chi connectivity index (χ1) is 11.6. The largest absolute Gasteiger partial charge is 0.357 e. The van der Waals surface area contributed by atoms with Gasteiger partial charge in [0.1, 0.15) is 0 Å². The molecular weight excluding hydrogens is 320 g/mol. The Balaban J connectivity index is 1.94. The molecule has 0 amide bonds. The number of guanidine groups is 1. The molecular formula is C19H31ClN4. The Morgan fingerprint density at radius 1 is 1.38 bits per heavy atom. The molecule has 0 bridgehead atoms. The van der Waals surface area contributed by atoms with Crippen molar-refractivity contribution in [2.24, 2.45) is 10.9 Å². The second-order valence-electron chi connectivity index (χ2n) is 6.60. The minimum Gasteiger partial charge on any atom is -0.357 e. The molecule has 1 aromatic carbocycles. The smallest absolute Gasteiger partial charge is 0.193 e. The van der Waals surface area contributed by atoms with Gasteiger partial charge in [0.05, 0.1) is 0 Å². The number of benzene rings is 1. The number of hydrogen-bond acceptors (Lipinski definition) is 2. The van der Waals surface area contributed by atoms with Crippen molar-refractivity contribution in [2.45, 2.75) is 33.2 Å². The molecule has 134 valence electrons. The minimum atomic E-state index is 0.680. The molecule has 2 rings (SSSR count). The maximum atomic E-state index is 6.28. The summed E-state index contributed by atoms with van der Waals surface area (Å²) in [4.78, 5) is 9.59. The fourth-order valence-electron chi connectivity index (χ4n) is 3.22. The van der Waals surface area contributed by atoms with Gasteiger partial charge in [-0.2, -0.15) is 0 Å². The Kier molecular flexibility index (Phi) is 7.86.